The van der Waals surface area contributed by atoms with Crippen molar-refractivity contribution in [2.75, 3.05) is 12.4 Å². The summed E-state index contributed by atoms with van der Waals surface area (Å²) in [5.74, 6) is -0.509. The number of carbonyl (C=O) groups is 1. The van der Waals surface area contributed by atoms with E-state index in [1.165, 1.54) is 37.5 Å². The Balaban J connectivity index is 2.12. The molecule has 0 aliphatic rings. The first-order chi connectivity index (χ1) is 11.4. The lowest BCUT2D eigenvalue weighted by Crippen LogP contribution is -2.19. The Hall–Kier alpha value is -2.96. The van der Waals surface area contributed by atoms with Crippen LogP contribution in [0.15, 0.2) is 54.6 Å². The first kappa shape index (κ1) is 17.4. The molecular weight excluding hydrogens is 323 g/mol. The number of rotatable bonds is 5. The van der Waals surface area contributed by atoms with Gasteiger partial charge in [0, 0.05) is 11.6 Å². The normalized spacial score (nSPS) is 11.3. The zero-order valence-corrected chi connectivity index (χ0v) is 12.6. The van der Waals surface area contributed by atoms with Crippen LogP contribution in [0.4, 0.5) is 18.9 Å². The van der Waals surface area contributed by atoms with E-state index in [9.17, 15) is 18.0 Å². The number of hydrogen-bond acceptors (Lipinski definition) is 3. The van der Waals surface area contributed by atoms with Crippen LogP contribution >= 0.6 is 0 Å². The highest BCUT2D eigenvalue weighted by molar-refractivity contribution is 6.02. The molecule has 0 radical (unpaired) electrons. The van der Waals surface area contributed by atoms with Crippen molar-refractivity contribution in [1.29, 1.82) is 0 Å². The van der Waals surface area contributed by atoms with Gasteiger partial charge < -0.3 is 14.8 Å². The number of methoxy groups -OCH3 is 1. The molecule has 1 amide bonds. The predicted molar refractivity (Wildman–Crippen MR) is 83.8 cm³/mol. The first-order valence-electron chi connectivity index (χ1n) is 6.86. The molecule has 2 aromatic carbocycles. The van der Waals surface area contributed by atoms with Crippen molar-refractivity contribution in [3.63, 3.8) is 0 Å². The zero-order valence-electron chi connectivity index (χ0n) is 12.6. The zero-order chi connectivity index (χ0) is 17.6. The molecule has 0 atom stereocenters. The van der Waals surface area contributed by atoms with Crippen LogP contribution in [0.5, 0.6) is 11.5 Å². The number of anilines is 1. The van der Waals surface area contributed by atoms with Gasteiger partial charge in [0.25, 0.3) is 0 Å². The maximum Gasteiger partial charge on any atom is 0.573 e. The monoisotopic (exact) mass is 337 g/mol. The van der Waals surface area contributed by atoms with Gasteiger partial charge in [-0.05, 0) is 24.3 Å². The van der Waals surface area contributed by atoms with Gasteiger partial charge in [0.15, 0.2) is 5.75 Å². The summed E-state index contributed by atoms with van der Waals surface area (Å²) < 4.78 is 46.1. The quantitative estimate of drug-likeness (QED) is 0.830. The highest BCUT2D eigenvalue weighted by Crippen LogP contribution is 2.30. The third-order valence-electron chi connectivity index (χ3n) is 2.92. The average molecular weight is 337 g/mol. The van der Waals surface area contributed by atoms with Crippen molar-refractivity contribution in [3.8, 4) is 11.5 Å². The molecule has 0 aliphatic carbocycles. The van der Waals surface area contributed by atoms with Crippen LogP contribution in [0.25, 0.3) is 6.08 Å². The number of alkyl halides is 3. The van der Waals surface area contributed by atoms with Gasteiger partial charge in [0.2, 0.25) is 5.91 Å². The smallest absolute Gasteiger partial charge is 0.496 e. The predicted octanol–water partition coefficient (Wildman–Crippen LogP) is 4.25. The molecule has 0 spiro atoms. The standard InChI is InChI=1S/C17H14F3NO3/c1-23-14-8-4-2-6-12(14)10-11-16(22)21-13-7-3-5-9-15(13)24-17(18,19)20/h2-11H,1H3,(H,21,22)/b11-10+. The summed E-state index contributed by atoms with van der Waals surface area (Å²) in [6.07, 6.45) is -2.14. The van der Waals surface area contributed by atoms with Gasteiger partial charge in [-0.3, -0.25) is 4.79 Å². The van der Waals surface area contributed by atoms with E-state index in [0.717, 1.165) is 6.07 Å². The van der Waals surface area contributed by atoms with Gasteiger partial charge in [0.05, 0.1) is 12.8 Å². The second-order valence-electron chi connectivity index (χ2n) is 4.61. The van der Waals surface area contributed by atoms with Gasteiger partial charge in [-0.15, -0.1) is 13.2 Å². The van der Waals surface area contributed by atoms with E-state index < -0.39 is 18.0 Å². The van der Waals surface area contributed by atoms with Crippen molar-refractivity contribution in [1.82, 2.24) is 0 Å². The molecule has 4 nitrogen and oxygen atoms in total. The minimum atomic E-state index is -4.84. The van der Waals surface area contributed by atoms with Crippen LogP contribution < -0.4 is 14.8 Å². The van der Waals surface area contributed by atoms with Crippen LogP contribution in [0.3, 0.4) is 0 Å². The Morgan fingerprint density at radius 1 is 1.04 bits per heavy atom. The average Bonchev–Trinajstić information content (AvgIpc) is 2.53. The van der Waals surface area contributed by atoms with E-state index >= 15 is 0 Å². The topological polar surface area (TPSA) is 47.6 Å². The van der Waals surface area contributed by atoms with Gasteiger partial charge in [-0.1, -0.05) is 30.3 Å². The maximum atomic E-state index is 12.3. The number of ether oxygens (including phenoxy) is 2. The lowest BCUT2D eigenvalue weighted by molar-refractivity contribution is -0.274. The van der Waals surface area contributed by atoms with Gasteiger partial charge in [-0.2, -0.15) is 0 Å². The molecule has 1 N–H and O–H groups in total. The fourth-order valence-electron chi connectivity index (χ4n) is 1.93. The summed E-state index contributed by atoms with van der Waals surface area (Å²) in [5, 5.41) is 2.35. The Bertz CT molecular complexity index is 742. The summed E-state index contributed by atoms with van der Waals surface area (Å²) in [6, 6.07) is 12.3. The van der Waals surface area contributed by atoms with Crippen LogP contribution in [-0.2, 0) is 4.79 Å². The van der Waals surface area contributed by atoms with E-state index in [2.05, 4.69) is 10.1 Å². The highest BCUT2D eigenvalue weighted by Gasteiger charge is 2.32. The fraction of sp³-hybridized carbons (Fsp3) is 0.118. The number of amides is 1. The molecule has 0 heterocycles. The van der Waals surface area contributed by atoms with E-state index in [0.29, 0.717) is 11.3 Å². The van der Waals surface area contributed by atoms with E-state index in [1.54, 1.807) is 24.3 Å². The SMILES string of the molecule is COc1ccccc1/C=C/C(=O)Nc1ccccc1OC(F)(F)F. The van der Waals surface area contributed by atoms with Crippen LogP contribution in [0.2, 0.25) is 0 Å². The van der Waals surface area contributed by atoms with E-state index in [1.807, 2.05) is 0 Å². The summed E-state index contributed by atoms with van der Waals surface area (Å²) in [5.41, 5.74) is 0.583. The lowest BCUT2D eigenvalue weighted by atomic mass is 10.2. The minimum Gasteiger partial charge on any atom is -0.496 e. The minimum absolute atomic E-state index is 0.0792. The Morgan fingerprint density at radius 2 is 1.67 bits per heavy atom. The number of carbonyl (C=O) groups excluding carboxylic acids is 1. The molecule has 126 valence electrons. The van der Waals surface area contributed by atoms with Crippen molar-refractivity contribution in [2.24, 2.45) is 0 Å². The Labute approximate surface area is 136 Å². The summed E-state index contributed by atoms with van der Waals surface area (Å²) in [7, 11) is 1.50. The van der Waals surface area contributed by atoms with Crippen molar-refractivity contribution < 1.29 is 27.4 Å². The molecule has 7 heteroatoms. The third-order valence-corrected chi connectivity index (χ3v) is 2.92. The fourth-order valence-corrected chi connectivity index (χ4v) is 1.93. The molecule has 0 saturated heterocycles. The number of nitrogens with one attached hydrogen (secondary N) is 1. The van der Waals surface area contributed by atoms with Crippen LogP contribution in [0, 0.1) is 0 Å². The van der Waals surface area contributed by atoms with Crippen molar-refractivity contribution >= 4 is 17.7 Å². The largest absolute Gasteiger partial charge is 0.573 e. The molecule has 0 fully saturated rings. The second kappa shape index (κ2) is 7.54. The van der Waals surface area contributed by atoms with Crippen LogP contribution in [-0.4, -0.2) is 19.4 Å². The maximum absolute atomic E-state index is 12.3. The first-order valence-corrected chi connectivity index (χ1v) is 6.86. The van der Waals surface area contributed by atoms with Crippen LogP contribution in [0.1, 0.15) is 5.56 Å². The molecule has 0 aliphatic heterocycles. The van der Waals surface area contributed by atoms with Crippen molar-refractivity contribution in [2.45, 2.75) is 6.36 Å². The number of halogens is 3. The molecule has 2 aromatic rings. The lowest BCUT2D eigenvalue weighted by Gasteiger charge is -2.13. The Kier molecular flexibility index (Phi) is 5.47. The van der Waals surface area contributed by atoms with Gasteiger partial charge in [-0.25, -0.2) is 0 Å². The van der Waals surface area contributed by atoms with E-state index in [-0.39, 0.29) is 5.69 Å². The second-order valence-corrected chi connectivity index (χ2v) is 4.61. The third kappa shape index (κ3) is 5.05. The number of hydrogen-bond donors (Lipinski definition) is 1. The molecule has 0 bridgehead atoms. The molecular formula is C17H14F3NO3. The highest BCUT2D eigenvalue weighted by atomic mass is 19.4. The Morgan fingerprint density at radius 3 is 2.33 bits per heavy atom. The van der Waals surface area contributed by atoms with Gasteiger partial charge >= 0.3 is 6.36 Å². The van der Waals surface area contributed by atoms with Crippen molar-refractivity contribution in [3.05, 3.63) is 60.2 Å². The summed E-state index contributed by atoms with van der Waals surface area (Å²) in [6.45, 7) is 0. The molecule has 0 saturated carbocycles. The summed E-state index contributed by atoms with van der Waals surface area (Å²) in [4.78, 5) is 11.9. The molecule has 2 rings (SSSR count). The van der Waals surface area contributed by atoms with Gasteiger partial charge in [0.1, 0.15) is 5.75 Å². The molecule has 24 heavy (non-hydrogen) atoms. The number of benzene rings is 2. The van der Waals surface area contributed by atoms with E-state index in [4.69, 9.17) is 4.74 Å². The molecule has 0 unspecified atom stereocenters. The molecule has 0 aromatic heterocycles. The summed E-state index contributed by atoms with van der Waals surface area (Å²) >= 11 is 0. The number of para-hydroxylation sites is 3.